The fourth-order valence-electron chi connectivity index (χ4n) is 2.85. The van der Waals surface area contributed by atoms with Crippen LogP contribution in [0.3, 0.4) is 0 Å². The zero-order valence-electron chi connectivity index (χ0n) is 17.2. The average molecular weight is 417 g/mol. The Labute approximate surface area is 180 Å². The Balaban J connectivity index is 1.52. The summed E-state index contributed by atoms with van der Waals surface area (Å²) in [6.45, 7) is 1.65. The van der Waals surface area contributed by atoms with Crippen molar-refractivity contribution < 1.29 is 23.9 Å². The molecule has 0 saturated heterocycles. The Bertz CT molecular complexity index is 1050. The molecule has 0 unspecified atom stereocenters. The van der Waals surface area contributed by atoms with Gasteiger partial charge < -0.3 is 14.8 Å². The third-order valence-electron chi connectivity index (χ3n) is 4.45. The molecule has 0 saturated carbocycles. The van der Waals surface area contributed by atoms with Gasteiger partial charge in [-0.1, -0.05) is 48.5 Å². The van der Waals surface area contributed by atoms with Crippen molar-refractivity contribution in [2.24, 2.45) is 0 Å². The summed E-state index contributed by atoms with van der Waals surface area (Å²) in [7, 11) is 0. The number of amides is 1. The van der Waals surface area contributed by atoms with Gasteiger partial charge in [-0.15, -0.1) is 0 Å². The van der Waals surface area contributed by atoms with Crippen molar-refractivity contribution >= 4 is 17.7 Å². The molecule has 6 nitrogen and oxygen atoms in total. The lowest BCUT2D eigenvalue weighted by molar-refractivity contribution is -0.118. The van der Waals surface area contributed by atoms with Gasteiger partial charge in [-0.2, -0.15) is 0 Å². The maximum Gasteiger partial charge on any atom is 0.338 e. The van der Waals surface area contributed by atoms with E-state index in [1.807, 2.05) is 42.5 Å². The fraction of sp³-hybridized carbons (Fsp3) is 0.160. The van der Waals surface area contributed by atoms with Gasteiger partial charge in [0.25, 0.3) is 0 Å². The van der Waals surface area contributed by atoms with Gasteiger partial charge in [-0.25, -0.2) is 4.79 Å². The van der Waals surface area contributed by atoms with E-state index in [2.05, 4.69) is 5.32 Å². The standard InChI is InChI=1S/C25H23NO5/c1-18(27)26-15-14-19-10-12-20(13-11-19)24(28)17-30-25(29)21-6-5-9-23(16-21)31-22-7-3-2-4-8-22/h2-13,16H,14-15,17H2,1H3,(H,26,27). The van der Waals surface area contributed by atoms with Crippen molar-refractivity contribution in [3.05, 3.63) is 95.6 Å². The van der Waals surface area contributed by atoms with Gasteiger partial charge in [0.15, 0.2) is 12.4 Å². The Morgan fingerprint density at radius 1 is 0.806 bits per heavy atom. The van der Waals surface area contributed by atoms with Crippen LogP contribution in [0.2, 0.25) is 0 Å². The Hall–Kier alpha value is -3.93. The summed E-state index contributed by atoms with van der Waals surface area (Å²) in [5.41, 5.74) is 1.75. The zero-order chi connectivity index (χ0) is 22.1. The van der Waals surface area contributed by atoms with Crippen LogP contribution in [0.1, 0.15) is 33.2 Å². The highest BCUT2D eigenvalue weighted by atomic mass is 16.5. The van der Waals surface area contributed by atoms with Gasteiger partial charge in [-0.3, -0.25) is 9.59 Å². The summed E-state index contributed by atoms with van der Waals surface area (Å²) in [6, 6.07) is 22.9. The summed E-state index contributed by atoms with van der Waals surface area (Å²) < 4.78 is 10.9. The number of Topliss-reactive ketones (excluding diaryl/α,β-unsaturated/α-hetero) is 1. The van der Waals surface area contributed by atoms with Crippen LogP contribution in [-0.4, -0.2) is 30.8 Å². The molecule has 3 aromatic carbocycles. The molecule has 0 aliphatic heterocycles. The SMILES string of the molecule is CC(=O)NCCc1ccc(C(=O)COC(=O)c2cccc(Oc3ccccc3)c2)cc1. The molecule has 0 spiro atoms. The fourth-order valence-corrected chi connectivity index (χ4v) is 2.85. The molecule has 0 aromatic heterocycles. The van der Waals surface area contributed by atoms with Crippen LogP contribution in [0.4, 0.5) is 0 Å². The van der Waals surface area contributed by atoms with Crippen LogP contribution in [0.25, 0.3) is 0 Å². The number of ether oxygens (including phenoxy) is 2. The predicted octanol–water partition coefficient (Wildman–Crippen LogP) is 4.20. The first-order chi connectivity index (χ1) is 15.0. The van der Waals surface area contributed by atoms with Crippen LogP contribution < -0.4 is 10.1 Å². The third kappa shape index (κ3) is 6.82. The van der Waals surface area contributed by atoms with E-state index in [0.29, 0.717) is 35.6 Å². The minimum atomic E-state index is -0.598. The molecule has 1 amide bonds. The first kappa shape index (κ1) is 21.8. The lowest BCUT2D eigenvalue weighted by Gasteiger charge is -2.08. The highest BCUT2D eigenvalue weighted by Crippen LogP contribution is 2.22. The van der Waals surface area contributed by atoms with Gasteiger partial charge in [0.05, 0.1) is 5.56 Å². The summed E-state index contributed by atoms with van der Waals surface area (Å²) in [4.78, 5) is 35.6. The largest absolute Gasteiger partial charge is 0.457 e. The molecule has 0 bridgehead atoms. The van der Waals surface area contributed by atoms with E-state index in [0.717, 1.165) is 5.56 Å². The van der Waals surface area contributed by atoms with Gasteiger partial charge in [0, 0.05) is 19.0 Å². The molecular weight excluding hydrogens is 394 g/mol. The van der Waals surface area contributed by atoms with Crippen molar-refractivity contribution in [1.82, 2.24) is 5.32 Å². The molecule has 0 aliphatic rings. The van der Waals surface area contributed by atoms with Gasteiger partial charge in [-0.05, 0) is 42.3 Å². The van der Waals surface area contributed by atoms with E-state index in [1.54, 1.807) is 36.4 Å². The van der Waals surface area contributed by atoms with Crippen LogP contribution in [0, 0.1) is 0 Å². The van der Waals surface area contributed by atoms with E-state index < -0.39 is 5.97 Å². The number of hydrogen-bond donors (Lipinski definition) is 1. The molecule has 0 radical (unpaired) electrons. The molecule has 31 heavy (non-hydrogen) atoms. The monoisotopic (exact) mass is 417 g/mol. The summed E-state index contributed by atoms with van der Waals surface area (Å²) >= 11 is 0. The number of esters is 1. The molecule has 1 N–H and O–H groups in total. The van der Waals surface area contributed by atoms with Crippen molar-refractivity contribution in [3.8, 4) is 11.5 Å². The van der Waals surface area contributed by atoms with Crippen molar-refractivity contribution in [2.75, 3.05) is 13.2 Å². The maximum atomic E-state index is 12.3. The smallest absolute Gasteiger partial charge is 0.338 e. The van der Waals surface area contributed by atoms with Crippen LogP contribution in [0.15, 0.2) is 78.9 Å². The summed E-state index contributed by atoms with van der Waals surface area (Å²) in [6.07, 6.45) is 0.671. The van der Waals surface area contributed by atoms with E-state index in [1.165, 1.54) is 6.92 Å². The number of carbonyl (C=O) groups is 3. The first-order valence-corrected chi connectivity index (χ1v) is 9.88. The lowest BCUT2D eigenvalue weighted by atomic mass is 10.1. The minimum Gasteiger partial charge on any atom is -0.457 e. The Morgan fingerprint density at radius 2 is 1.52 bits per heavy atom. The van der Waals surface area contributed by atoms with Crippen LogP contribution >= 0.6 is 0 Å². The number of nitrogens with one attached hydrogen (secondary N) is 1. The van der Waals surface area contributed by atoms with E-state index in [4.69, 9.17) is 9.47 Å². The van der Waals surface area contributed by atoms with Crippen molar-refractivity contribution in [3.63, 3.8) is 0 Å². The quantitative estimate of drug-likeness (QED) is 0.417. The normalized spacial score (nSPS) is 10.2. The van der Waals surface area contributed by atoms with E-state index >= 15 is 0 Å². The molecule has 0 atom stereocenters. The summed E-state index contributed by atoms with van der Waals surface area (Å²) in [5, 5.41) is 2.72. The van der Waals surface area contributed by atoms with E-state index in [-0.39, 0.29) is 18.3 Å². The lowest BCUT2D eigenvalue weighted by Crippen LogP contribution is -2.22. The molecule has 3 aromatic rings. The topological polar surface area (TPSA) is 81.7 Å². The molecular formula is C25H23NO5. The number of benzene rings is 3. The Kier molecular flexibility index (Phi) is 7.54. The second-order valence-electron chi connectivity index (χ2n) is 6.87. The molecule has 0 aliphatic carbocycles. The predicted molar refractivity (Wildman–Crippen MR) is 116 cm³/mol. The second kappa shape index (κ2) is 10.7. The number of para-hydroxylation sites is 1. The van der Waals surface area contributed by atoms with Gasteiger partial charge in [0.2, 0.25) is 5.91 Å². The van der Waals surface area contributed by atoms with E-state index in [9.17, 15) is 14.4 Å². The molecule has 6 heteroatoms. The van der Waals surface area contributed by atoms with Gasteiger partial charge in [0.1, 0.15) is 11.5 Å². The number of rotatable bonds is 9. The summed E-state index contributed by atoms with van der Waals surface area (Å²) in [5.74, 6) is 0.188. The zero-order valence-corrected chi connectivity index (χ0v) is 17.2. The Morgan fingerprint density at radius 3 is 2.23 bits per heavy atom. The molecule has 3 rings (SSSR count). The second-order valence-corrected chi connectivity index (χ2v) is 6.87. The maximum absolute atomic E-state index is 12.3. The number of carbonyl (C=O) groups excluding carboxylic acids is 3. The highest BCUT2D eigenvalue weighted by Gasteiger charge is 2.13. The number of ketones is 1. The van der Waals surface area contributed by atoms with Crippen LogP contribution in [0.5, 0.6) is 11.5 Å². The highest BCUT2D eigenvalue weighted by molar-refractivity contribution is 5.99. The average Bonchev–Trinajstić information content (AvgIpc) is 2.78. The number of hydrogen-bond acceptors (Lipinski definition) is 5. The van der Waals surface area contributed by atoms with Gasteiger partial charge >= 0.3 is 5.97 Å². The first-order valence-electron chi connectivity index (χ1n) is 9.88. The third-order valence-corrected chi connectivity index (χ3v) is 4.45. The minimum absolute atomic E-state index is 0.0780. The molecule has 0 heterocycles. The van der Waals surface area contributed by atoms with Crippen LogP contribution in [-0.2, 0) is 16.0 Å². The molecule has 158 valence electrons. The molecule has 0 fully saturated rings. The van der Waals surface area contributed by atoms with Crippen molar-refractivity contribution in [2.45, 2.75) is 13.3 Å². The van der Waals surface area contributed by atoms with Crippen molar-refractivity contribution in [1.29, 1.82) is 0 Å².